The Morgan fingerprint density at radius 2 is 1.79 bits per heavy atom. The number of carbonyl (C=O) groups is 3. The molecule has 2 aromatic carbocycles. The van der Waals surface area contributed by atoms with Crippen molar-refractivity contribution in [3.63, 3.8) is 0 Å². The van der Waals surface area contributed by atoms with E-state index in [9.17, 15) is 14.4 Å². The molecule has 0 unspecified atom stereocenters. The van der Waals surface area contributed by atoms with E-state index in [1.807, 2.05) is 30.3 Å². The van der Waals surface area contributed by atoms with Crippen molar-refractivity contribution in [3.05, 3.63) is 88.0 Å². The van der Waals surface area contributed by atoms with Gasteiger partial charge in [-0.3, -0.25) is 14.4 Å². The molecule has 0 spiro atoms. The number of benzene rings is 2. The van der Waals surface area contributed by atoms with Crippen molar-refractivity contribution in [2.45, 2.75) is 13.0 Å². The number of carboxylic acids is 1. The van der Waals surface area contributed by atoms with Crippen molar-refractivity contribution in [2.75, 3.05) is 0 Å². The molecule has 3 N–H and O–H groups in total. The van der Waals surface area contributed by atoms with Crippen molar-refractivity contribution >= 4 is 39.8 Å². The standard InChI is InChI=1S/C21H19BrN2O4/c1-14(21(27)28)23-20(26)18(12-5-9-15-7-3-2-4-8-15)24-19(25)16-10-6-11-17(22)13-16/h2-14H,1H3,(H,23,26)(H,24,25)(H,27,28)/b9-5+,18-12-/t14-/m1/s1. The van der Waals surface area contributed by atoms with Crippen LogP contribution in [0.4, 0.5) is 0 Å². The number of allylic oxidation sites excluding steroid dienone is 2. The topological polar surface area (TPSA) is 95.5 Å². The molecule has 6 nitrogen and oxygen atoms in total. The third-order valence-electron chi connectivity index (χ3n) is 3.65. The Hall–Kier alpha value is -3.19. The summed E-state index contributed by atoms with van der Waals surface area (Å²) in [5.74, 6) is -2.36. The number of aliphatic carboxylic acids is 1. The van der Waals surface area contributed by atoms with Gasteiger partial charge in [0.15, 0.2) is 0 Å². The van der Waals surface area contributed by atoms with Crippen molar-refractivity contribution < 1.29 is 19.5 Å². The maximum Gasteiger partial charge on any atom is 0.325 e. The lowest BCUT2D eigenvalue weighted by atomic mass is 10.2. The number of rotatable bonds is 7. The molecule has 144 valence electrons. The molecule has 2 amide bonds. The van der Waals surface area contributed by atoms with Gasteiger partial charge >= 0.3 is 5.97 Å². The van der Waals surface area contributed by atoms with Crippen LogP contribution in [0.1, 0.15) is 22.8 Å². The fraction of sp³-hybridized carbons (Fsp3) is 0.0952. The minimum absolute atomic E-state index is 0.0646. The average Bonchev–Trinajstić information content (AvgIpc) is 2.67. The fourth-order valence-corrected chi connectivity index (χ4v) is 2.55. The zero-order valence-corrected chi connectivity index (χ0v) is 16.6. The van der Waals surface area contributed by atoms with E-state index in [0.717, 1.165) is 10.0 Å². The zero-order chi connectivity index (χ0) is 20.5. The van der Waals surface area contributed by atoms with Crippen LogP contribution in [-0.4, -0.2) is 28.9 Å². The number of nitrogens with one attached hydrogen (secondary N) is 2. The molecule has 7 heteroatoms. The van der Waals surface area contributed by atoms with E-state index >= 15 is 0 Å². The van der Waals surface area contributed by atoms with E-state index in [-0.39, 0.29) is 5.70 Å². The molecule has 0 saturated heterocycles. The van der Waals surface area contributed by atoms with Gasteiger partial charge in [0.1, 0.15) is 11.7 Å². The minimum atomic E-state index is -1.18. The second-order valence-corrected chi connectivity index (χ2v) is 6.76. The Kier molecular flexibility index (Phi) is 7.71. The molecule has 0 aliphatic heterocycles. The number of carbonyl (C=O) groups excluding carboxylic acids is 2. The molecule has 0 fully saturated rings. The van der Waals surface area contributed by atoms with Gasteiger partial charge in [-0.25, -0.2) is 0 Å². The second kappa shape index (κ2) is 10.2. The molecular weight excluding hydrogens is 424 g/mol. The molecule has 0 aliphatic rings. The van der Waals surface area contributed by atoms with Gasteiger partial charge in [-0.05, 0) is 36.8 Å². The van der Waals surface area contributed by atoms with E-state index < -0.39 is 23.8 Å². The van der Waals surface area contributed by atoms with Crippen molar-refractivity contribution in [1.29, 1.82) is 0 Å². The third-order valence-corrected chi connectivity index (χ3v) is 4.14. The molecule has 0 saturated carbocycles. The van der Waals surface area contributed by atoms with Crippen LogP contribution in [0.5, 0.6) is 0 Å². The molecular formula is C21H19BrN2O4. The number of halogens is 1. The number of amides is 2. The predicted octanol–water partition coefficient (Wildman–Crippen LogP) is 3.37. The van der Waals surface area contributed by atoms with Gasteiger partial charge in [0.05, 0.1) is 0 Å². The largest absolute Gasteiger partial charge is 0.480 e. The molecule has 0 heterocycles. The third kappa shape index (κ3) is 6.51. The van der Waals surface area contributed by atoms with Gasteiger partial charge < -0.3 is 15.7 Å². The molecule has 0 bridgehead atoms. The smallest absolute Gasteiger partial charge is 0.325 e. The second-order valence-electron chi connectivity index (χ2n) is 5.85. The number of hydrogen-bond acceptors (Lipinski definition) is 3. The van der Waals surface area contributed by atoms with Crippen LogP contribution in [0, 0.1) is 0 Å². The summed E-state index contributed by atoms with van der Waals surface area (Å²) in [4.78, 5) is 35.9. The van der Waals surface area contributed by atoms with Crippen molar-refractivity contribution in [1.82, 2.24) is 10.6 Å². The van der Waals surface area contributed by atoms with Crippen LogP contribution < -0.4 is 10.6 Å². The highest BCUT2D eigenvalue weighted by Gasteiger charge is 2.19. The summed E-state index contributed by atoms with van der Waals surface area (Å²) in [6.07, 6.45) is 4.79. The minimum Gasteiger partial charge on any atom is -0.480 e. The van der Waals surface area contributed by atoms with Crippen LogP contribution in [0.3, 0.4) is 0 Å². The lowest BCUT2D eigenvalue weighted by Crippen LogP contribution is -2.42. The molecule has 0 radical (unpaired) electrons. The van der Waals surface area contributed by atoms with Crippen molar-refractivity contribution in [2.24, 2.45) is 0 Å². The summed E-state index contributed by atoms with van der Waals surface area (Å²) in [5.41, 5.74) is 1.20. The fourth-order valence-electron chi connectivity index (χ4n) is 2.15. The van der Waals surface area contributed by atoms with Gasteiger partial charge in [-0.2, -0.15) is 0 Å². The summed E-state index contributed by atoms with van der Waals surface area (Å²) in [6, 6.07) is 15.0. The first kappa shape index (κ1) is 21.1. The maximum atomic E-state index is 12.5. The summed E-state index contributed by atoms with van der Waals surface area (Å²) in [5, 5.41) is 13.9. The summed E-state index contributed by atoms with van der Waals surface area (Å²) >= 11 is 3.29. The van der Waals surface area contributed by atoms with Crippen LogP contribution >= 0.6 is 15.9 Å². The Bertz CT molecular complexity index is 923. The highest BCUT2D eigenvalue weighted by Crippen LogP contribution is 2.12. The summed E-state index contributed by atoms with van der Waals surface area (Å²) < 4.78 is 0.721. The van der Waals surface area contributed by atoms with Gasteiger partial charge in [-0.1, -0.05) is 64.5 Å². The lowest BCUT2D eigenvalue weighted by molar-refractivity contribution is -0.140. The van der Waals surface area contributed by atoms with E-state index in [2.05, 4.69) is 26.6 Å². The first-order chi connectivity index (χ1) is 13.4. The van der Waals surface area contributed by atoms with Crippen LogP contribution in [-0.2, 0) is 9.59 Å². The van der Waals surface area contributed by atoms with Crippen LogP contribution in [0.2, 0.25) is 0 Å². The van der Waals surface area contributed by atoms with Crippen LogP contribution in [0.15, 0.2) is 76.9 Å². The Labute approximate surface area is 171 Å². The molecule has 2 rings (SSSR count). The predicted molar refractivity (Wildman–Crippen MR) is 110 cm³/mol. The zero-order valence-electron chi connectivity index (χ0n) is 15.1. The van der Waals surface area contributed by atoms with Gasteiger partial charge in [0, 0.05) is 10.0 Å². The Balaban J connectivity index is 2.23. The number of carboxylic acid groups (broad SMARTS) is 1. The Morgan fingerprint density at radius 1 is 1.07 bits per heavy atom. The highest BCUT2D eigenvalue weighted by molar-refractivity contribution is 9.10. The van der Waals surface area contributed by atoms with Crippen molar-refractivity contribution in [3.8, 4) is 0 Å². The number of hydrogen-bond donors (Lipinski definition) is 3. The molecule has 28 heavy (non-hydrogen) atoms. The van der Waals surface area contributed by atoms with E-state index in [1.54, 1.807) is 36.4 Å². The van der Waals surface area contributed by atoms with E-state index in [4.69, 9.17) is 5.11 Å². The Morgan fingerprint density at radius 3 is 2.43 bits per heavy atom. The summed E-state index contributed by atoms with van der Waals surface area (Å²) in [7, 11) is 0. The monoisotopic (exact) mass is 442 g/mol. The summed E-state index contributed by atoms with van der Waals surface area (Å²) in [6.45, 7) is 1.34. The van der Waals surface area contributed by atoms with Crippen LogP contribution in [0.25, 0.3) is 6.08 Å². The quantitative estimate of drug-likeness (QED) is 0.452. The molecule has 0 aliphatic carbocycles. The first-order valence-corrected chi connectivity index (χ1v) is 9.20. The SMILES string of the molecule is C[C@@H](NC(=O)/C(=C/C=C/c1ccccc1)NC(=O)c1cccc(Br)c1)C(=O)O. The first-order valence-electron chi connectivity index (χ1n) is 8.41. The normalized spacial score (nSPS) is 12.4. The van der Waals surface area contributed by atoms with E-state index in [0.29, 0.717) is 5.56 Å². The van der Waals surface area contributed by atoms with E-state index in [1.165, 1.54) is 13.0 Å². The average molecular weight is 443 g/mol. The molecule has 2 aromatic rings. The molecule has 0 aromatic heterocycles. The molecule has 1 atom stereocenters. The lowest BCUT2D eigenvalue weighted by Gasteiger charge is -2.13. The van der Waals surface area contributed by atoms with Gasteiger partial charge in [0.2, 0.25) is 0 Å². The van der Waals surface area contributed by atoms with Gasteiger partial charge in [-0.15, -0.1) is 0 Å². The maximum absolute atomic E-state index is 12.5. The highest BCUT2D eigenvalue weighted by atomic mass is 79.9. The van der Waals surface area contributed by atoms with Gasteiger partial charge in [0.25, 0.3) is 11.8 Å².